The molecule has 5 nitrogen and oxygen atoms in total. The number of nitrogens with two attached hydrogens (primary N) is 1. The number of nitrogens with one attached hydrogen (secondary N) is 1. The third-order valence-corrected chi connectivity index (χ3v) is 5.14. The molecule has 19 heavy (non-hydrogen) atoms. The molecule has 0 spiro atoms. The summed E-state index contributed by atoms with van der Waals surface area (Å²) in [5.74, 6) is 0. The van der Waals surface area contributed by atoms with E-state index in [1.165, 1.54) is 12.1 Å². The quantitative estimate of drug-likeness (QED) is 0.689. The predicted molar refractivity (Wildman–Crippen MR) is 76.3 cm³/mol. The third kappa shape index (κ3) is 3.46. The zero-order valence-corrected chi connectivity index (χ0v) is 12.4. The van der Waals surface area contributed by atoms with Gasteiger partial charge in [-0.15, -0.1) is 0 Å². The molecule has 0 aliphatic carbocycles. The van der Waals surface area contributed by atoms with Gasteiger partial charge in [0, 0.05) is 5.69 Å². The minimum atomic E-state index is -3.68. The second-order valence-corrected chi connectivity index (χ2v) is 6.45. The largest absolute Gasteiger partial charge is 0.398 e. The zero-order chi connectivity index (χ0) is 14.7. The number of hydrogen-bond acceptors (Lipinski definition) is 4. The molecule has 1 rings (SSSR count). The summed E-state index contributed by atoms with van der Waals surface area (Å²) in [6.45, 7) is 5.26. The van der Waals surface area contributed by atoms with E-state index < -0.39 is 15.6 Å². The van der Waals surface area contributed by atoms with Crippen LogP contribution in [0.5, 0.6) is 0 Å². The van der Waals surface area contributed by atoms with Crippen LogP contribution in [0.4, 0.5) is 5.69 Å². The summed E-state index contributed by atoms with van der Waals surface area (Å²) in [4.78, 5) is 0.121. The van der Waals surface area contributed by atoms with E-state index in [4.69, 9.17) is 5.73 Å². The van der Waals surface area contributed by atoms with Crippen LogP contribution in [-0.4, -0.2) is 25.7 Å². The van der Waals surface area contributed by atoms with Crippen molar-refractivity contribution < 1.29 is 13.5 Å². The van der Waals surface area contributed by atoms with Gasteiger partial charge in [-0.2, -0.15) is 0 Å². The number of hydrogen-bond donors (Lipinski definition) is 3. The molecule has 0 bridgehead atoms. The lowest BCUT2D eigenvalue weighted by Crippen LogP contribution is -2.50. The van der Waals surface area contributed by atoms with Crippen molar-refractivity contribution in [3.63, 3.8) is 0 Å². The van der Waals surface area contributed by atoms with E-state index in [1.54, 1.807) is 6.07 Å². The number of anilines is 1. The summed E-state index contributed by atoms with van der Waals surface area (Å²) in [5, 5.41) is 9.43. The molecule has 1 aromatic rings. The van der Waals surface area contributed by atoms with Gasteiger partial charge in [-0.05, 0) is 37.5 Å². The molecule has 0 aliphatic rings. The van der Waals surface area contributed by atoms with Gasteiger partial charge < -0.3 is 10.8 Å². The first-order chi connectivity index (χ1) is 8.80. The van der Waals surface area contributed by atoms with E-state index in [9.17, 15) is 13.5 Å². The lowest BCUT2D eigenvalue weighted by molar-refractivity contribution is 0.172. The van der Waals surface area contributed by atoms with Gasteiger partial charge in [0.1, 0.15) is 0 Å². The van der Waals surface area contributed by atoms with Crippen molar-refractivity contribution in [1.82, 2.24) is 4.72 Å². The highest BCUT2D eigenvalue weighted by molar-refractivity contribution is 7.89. The second kappa shape index (κ2) is 5.90. The molecule has 0 radical (unpaired) electrons. The Hall–Kier alpha value is -1.11. The standard InChI is InChI=1S/C13H22N2O3S/c1-4-13(5-2,9-16)15-19(17,18)11-7-6-10(3)12(14)8-11/h6-8,15-16H,4-5,9,14H2,1-3H3. The Labute approximate surface area is 114 Å². The maximum atomic E-state index is 12.3. The van der Waals surface area contributed by atoms with Gasteiger partial charge in [0.2, 0.25) is 10.0 Å². The van der Waals surface area contributed by atoms with Crippen LogP contribution in [0.1, 0.15) is 32.3 Å². The monoisotopic (exact) mass is 286 g/mol. The number of rotatable bonds is 6. The van der Waals surface area contributed by atoms with E-state index in [0.29, 0.717) is 18.5 Å². The molecule has 0 saturated carbocycles. The first kappa shape index (κ1) is 15.9. The highest BCUT2D eigenvalue weighted by Crippen LogP contribution is 2.21. The molecule has 1 aromatic carbocycles. The fourth-order valence-electron chi connectivity index (χ4n) is 1.78. The van der Waals surface area contributed by atoms with Crippen LogP contribution < -0.4 is 10.5 Å². The molecule has 0 aromatic heterocycles. The molecule has 6 heteroatoms. The van der Waals surface area contributed by atoms with Crippen molar-refractivity contribution in [3.8, 4) is 0 Å². The van der Waals surface area contributed by atoms with E-state index in [0.717, 1.165) is 5.56 Å². The average Bonchev–Trinajstić information content (AvgIpc) is 2.39. The van der Waals surface area contributed by atoms with Crippen molar-refractivity contribution in [1.29, 1.82) is 0 Å². The zero-order valence-electron chi connectivity index (χ0n) is 11.6. The van der Waals surface area contributed by atoms with Gasteiger partial charge in [0.25, 0.3) is 0 Å². The van der Waals surface area contributed by atoms with Crippen molar-refractivity contribution in [3.05, 3.63) is 23.8 Å². The highest BCUT2D eigenvalue weighted by Gasteiger charge is 2.31. The van der Waals surface area contributed by atoms with Crippen LogP contribution in [0.2, 0.25) is 0 Å². The van der Waals surface area contributed by atoms with E-state index in [1.807, 2.05) is 20.8 Å². The Morgan fingerprint density at radius 3 is 2.32 bits per heavy atom. The van der Waals surface area contributed by atoms with Crippen LogP contribution in [-0.2, 0) is 10.0 Å². The minimum Gasteiger partial charge on any atom is -0.398 e. The number of aliphatic hydroxyl groups excluding tert-OH is 1. The van der Waals surface area contributed by atoms with Gasteiger partial charge in [-0.25, -0.2) is 13.1 Å². The van der Waals surface area contributed by atoms with Crippen molar-refractivity contribution in [2.24, 2.45) is 0 Å². The Balaban J connectivity index is 3.14. The average molecular weight is 286 g/mol. The Kier molecular flexibility index (Phi) is 4.95. The molecule has 0 atom stereocenters. The van der Waals surface area contributed by atoms with Gasteiger partial charge in [-0.3, -0.25) is 0 Å². The normalized spacial score (nSPS) is 12.6. The van der Waals surface area contributed by atoms with Crippen LogP contribution in [0, 0.1) is 6.92 Å². The van der Waals surface area contributed by atoms with E-state index >= 15 is 0 Å². The molecule has 108 valence electrons. The summed E-state index contributed by atoms with van der Waals surface area (Å²) in [7, 11) is -3.68. The fraction of sp³-hybridized carbons (Fsp3) is 0.538. The van der Waals surface area contributed by atoms with Crippen LogP contribution in [0.25, 0.3) is 0 Å². The minimum absolute atomic E-state index is 0.121. The first-order valence-electron chi connectivity index (χ1n) is 6.31. The number of nitrogen functional groups attached to an aromatic ring is 1. The van der Waals surface area contributed by atoms with Crippen LogP contribution in [0.15, 0.2) is 23.1 Å². The molecule has 0 amide bonds. The highest BCUT2D eigenvalue weighted by atomic mass is 32.2. The van der Waals surface area contributed by atoms with Crippen molar-refractivity contribution >= 4 is 15.7 Å². The maximum Gasteiger partial charge on any atom is 0.241 e. The van der Waals surface area contributed by atoms with Gasteiger partial charge in [0.15, 0.2) is 0 Å². The molecular weight excluding hydrogens is 264 g/mol. The number of aliphatic hydroxyl groups is 1. The summed E-state index contributed by atoms with van der Waals surface area (Å²) >= 11 is 0. The van der Waals surface area contributed by atoms with Gasteiger partial charge >= 0.3 is 0 Å². The third-order valence-electron chi connectivity index (χ3n) is 3.57. The SMILES string of the molecule is CCC(CC)(CO)NS(=O)(=O)c1ccc(C)c(N)c1. The van der Waals surface area contributed by atoms with E-state index in [-0.39, 0.29) is 11.5 Å². The fourth-order valence-corrected chi connectivity index (χ4v) is 3.35. The first-order valence-corrected chi connectivity index (χ1v) is 7.79. The second-order valence-electron chi connectivity index (χ2n) is 4.77. The van der Waals surface area contributed by atoms with Crippen molar-refractivity contribution in [2.75, 3.05) is 12.3 Å². The lowest BCUT2D eigenvalue weighted by atomic mass is 9.96. The molecular formula is C13H22N2O3S. The van der Waals surface area contributed by atoms with Crippen LogP contribution in [0.3, 0.4) is 0 Å². The topological polar surface area (TPSA) is 92.4 Å². The molecule has 4 N–H and O–H groups in total. The Bertz CT molecular complexity index is 529. The summed E-state index contributed by atoms with van der Waals surface area (Å²) in [6.07, 6.45) is 1.03. The van der Waals surface area contributed by atoms with Gasteiger partial charge in [-0.1, -0.05) is 19.9 Å². The van der Waals surface area contributed by atoms with Crippen LogP contribution >= 0.6 is 0 Å². The molecule has 0 saturated heterocycles. The molecule has 0 aliphatic heterocycles. The maximum absolute atomic E-state index is 12.3. The lowest BCUT2D eigenvalue weighted by Gasteiger charge is -2.30. The van der Waals surface area contributed by atoms with Gasteiger partial charge in [0.05, 0.1) is 17.0 Å². The summed E-state index contributed by atoms with van der Waals surface area (Å²) in [6, 6.07) is 4.62. The smallest absolute Gasteiger partial charge is 0.241 e. The Morgan fingerprint density at radius 1 is 1.32 bits per heavy atom. The molecule has 0 heterocycles. The summed E-state index contributed by atoms with van der Waals surface area (Å²) in [5.41, 5.74) is 6.18. The molecule has 0 fully saturated rings. The van der Waals surface area contributed by atoms with Crippen molar-refractivity contribution in [2.45, 2.75) is 44.0 Å². The summed E-state index contributed by atoms with van der Waals surface area (Å²) < 4.78 is 27.2. The number of sulfonamides is 1. The van der Waals surface area contributed by atoms with E-state index in [2.05, 4.69) is 4.72 Å². The number of benzene rings is 1. The predicted octanol–water partition coefficient (Wildman–Crippen LogP) is 1.41. The number of aryl methyl sites for hydroxylation is 1. The molecule has 0 unspecified atom stereocenters. The Morgan fingerprint density at radius 2 is 1.89 bits per heavy atom.